The standard InChI is InChI=1S/C18H22N2O2/c1-14(2)9-11-22-17-7-5-16(6-8-17)18(21)20-13-15-4-3-10-19-12-15/h3-8,10,12,14H,9,11,13H2,1-2H3,(H,20,21). The van der Waals surface area contributed by atoms with Gasteiger partial charge in [-0.3, -0.25) is 9.78 Å². The minimum Gasteiger partial charge on any atom is -0.494 e. The Morgan fingerprint density at radius 2 is 2.00 bits per heavy atom. The molecule has 2 aromatic rings. The second kappa shape index (κ2) is 8.17. The summed E-state index contributed by atoms with van der Waals surface area (Å²) in [6.45, 7) is 5.50. The molecule has 0 spiro atoms. The zero-order valence-electron chi connectivity index (χ0n) is 13.1. The second-order valence-electron chi connectivity index (χ2n) is 5.60. The van der Waals surface area contributed by atoms with Crippen LogP contribution in [-0.4, -0.2) is 17.5 Å². The number of nitrogens with zero attached hydrogens (tertiary/aromatic N) is 1. The van der Waals surface area contributed by atoms with Gasteiger partial charge in [0.05, 0.1) is 6.61 Å². The summed E-state index contributed by atoms with van der Waals surface area (Å²) in [4.78, 5) is 16.1. The van der Waals surface area contributed by atoms with Gasteiger partial charge in [-0.1, -0.05) is 19.9 Å². The zero-order valence-corrected chi connectivity index (χ0v) is 13.1. The van der Waals surface area contributed by atoms with E-state index >= 15 is 0 Å². The summed E-state index contributed by atoms with van der Waals surface area (Å²) < 4.78 is 5.64. The maximum absolute atomic E-state index is 12.1. The molecule has 0 bridgehead atoms. The van der Waals surface area contributed by atoms with Crippen molar-refractivity contribution in [2.24, 2.45) is 5.92 Å². The van der Waals surface area contributed by atoms with E-state index in [9.17, 15) is 4.79 Å². The summed E-state index contributed by atoms with van der Waals surface area (Å²) in [6, 6.07) is 11.0. The molecule has 0 saturated heterocycles. The van der Waals surface area contributed by atoms with Crippen molar-refractivity contribution in [2.45, 2.75) is 26.8 Å². The number of carbonyl (C=O) groups excluding carboxylic acids is 1. The van der Waals surface area contributed by atoms with Crippen LogP contribution in [0, 0.1) is 5.92 Å². The maximum Gasteiger partial charge on any atom is 0.251 e. The molecule has 0 aliphatic carbocycles. The SMILES string of the molecule is CC(C)CCOc1ccc(C(=O)NCc2cccnc2)cc1. The smallest absolute Gasteiger partial charge is 0.251 e. The van der Waals surface area contributed by atoms with Crippen molar-refractivity contribution in [3.05, 3.63) is 59.9 Å². The number of ether oxygens (including phenoxy) is 1. The van der Waals surface area contributed by atoms with E-state index in [2.05, 4.69) is 24.1 Å². The topological polar surface area (TPSA) is 51.2 Å². The highest BCUT2D eigenvalue weighted by atomic mass is 16.5. The van der Waals surface area contributed by atoms with Crippen molar-refractivity contribution in [3.63, 3.8) is 0 Å². The molecule has 1 heterocycles. The molecule has 0 atom stereocenters. The number of hydrogen-bond acceptors (Lipinski definition) is 3. The molecule has 0 aliphatic rings. The number of nitrogens with one attached hydrogen (secondary N) is 1. The Hall–Kier alpha value is -2.36. The lowest BCUT2D eigenvalue weighted by Gasteiger charge is -2.09. The summed E-state index contributed by atoms with van der Waals surface area (Å²) in [5.74, 6) is 1.32. The number of carbonyl (C=O) groups is 1. The van der Waals surface area contributed by atoms with Crippen molar-refractivity contribution in [1.29, 1.82) is 0 Å². The highest BCUT2D eigenvalue weighted by Gasteiger charge is 2.05. The minimum absolute atomic E-state index is 0.0995. The Morgan fingerprint density at radius 1 is 1.23 bits per heavy atom. The molecule has 1 amide bonds. The third-order valence-electron chi connectivity index (χ3n) is 3.26. The predicted octanol–water partition coefficient (Wildman–Crippen LogP) is 3.44. The lowest BCUT2D eigenvalue weighted by Crippen LogP contribution is -2.22. The Labute approximate surface area is 131 Å². The Morgan fingerprint density at radius 3 is 2.64 bits per heavy atom. The van der Waals surface area contributed by atoms with E-state index in [1.54, 1.807) is 24.5 Å². The van der Waals surface area contributed by atoms with E-state index in [4.69, 9.17) is 4.74 Å². The van der Waals surface area contributed by atoms with Gasteiger partial charge < -0.3 is 10.1 Å². The monoisotopic (exact) mass is 298 g/mol. The van der Waals surface area contributed by atoms with Crippen molar-refractivity contribution in [1.82, 2.24) is 10.3 Å². The Kier molecular flexibility index (Phi) is 5.95. The minimum atomic E-state index is -0.0995. The average molecular weight is 298 g/mol. The number of aromatic nitrogens is 1. The van der Waals surface area contributed by atoms with E-state index in [0.717, 1.165) is 17.7 Å². The van der Waals surface area contributed by atoms with Gasteiger partial charge in [0, 0.05) is 24.5 Å². The van der Waals surface area contributed by atoms with Gasteiger partial charge in [0.2, 0.25) is 0 Å². The van der Waals surface area contributed by atoms with Crippen molar-refractivity contribution < 1.29 is 9.53 Å². The van der Waals surface area contributed by atoms with Gasteiger partial charge in [-0.25, -0.2) is 0 Å². The average Bonchev–Trinajstić information content (AvgIpc) is 2.54. The largest absolute Gasteiger partial charge is 0.494 e. The van der Waals surface area contributed by atoms with Gasteiger partial charge in [0.25, 0.3) is 5.91 Å². The fourth-order valence-corrected chi connectivity index (χ4v) is 1.90. The lowest BCUT2D eigenvalue weighted by atomic mass is 10.1. The fraction of sp³-hybridized carbons (Fsp3) is 0.333. The molecule has 0 aliphatic heterocycles. The number of hydrogen-bond donors (Lipinski definition) is 1. The molecule has 0 fully saturated rings. The van der Waals surface area contributed by atoms with Crippen LogP contribution in [0.25, 0.3) is 0 Å². The molecular formula is C18H22N2O2. The van der Waals surface area contributed by atoms with Crippen LogP contribution in [0.5, 0.6) is 5.75 Å². The lowest BCUT2D eigenvalue weighted by molar-refractivity contribution is 0.0951. The first-order chi connectivity index (χ1) is 10.6. The van der Waals surface area contributed by atoms with E-state index in [0.29, 0.717) is 24.6 Å². The van der Waals surface area contributed by atoms with Crippen LogP contribution in [0.2, 0.25) is 0 Å². The molecule has 22 heavy (non-hydrogen) atoms. The van der Waals surface area contributed by atoms with E-state index in [1.165, 1.54) is 0 Å². The summed E-state index contributed by atoms with van der Waals surface area (Å²) in [7, 11) is 0. The van der Waals surface area contributed by atoms with Crippen LogP contribution < -0.4 is 10.1 Å². The van der Waals surface area contributed by atoms with E-state index in [1.807, 2.05) is 24.3 Å². The summed E-state index contributed by atoms with van der Waals surface area (Å²) in [5, 5.41) is 2.87. The molecular weight excluding hydrogens is 276 g/mol. The maximum atomic E-state index is 12.1. The first-order valence-electron chi connectivity index (χ1n) is 7.55. The van der Waals surface area contributed by atoms with Crippen LogP contribution in [0.3, 0.4) is 0 Å². The van der Waals surface area contributed by atoms with Crippen LogP contribution in [0.15, 0.2) is 48.8 Å². The normalized spacial score (nSPS) is 10.5. The number of benzene rings is 1. The van der Waals surface area contributed by atoms with E-state index in [-0.39, 0.29) is 5.91 Å². The first kappa shape index (κ1) is 16.0. The molecule has 4 heteroatoms. The van der Waals surface area contributed by atoms with Crippen LogP contribution in [-0.2, 0) is 6.54 Å². The second-order valence-corrected chi connectivity index (χ2v) is 5.60. The fourth-order valence-electron chi connectivity index (χ4n) is 1.90. The Balaban J connectivity index is 1.83. The molecule has 0 saturated carbocycles. The van der Waals surface area contributed by atoms with Crippen molar-refractivity contribution in [3.8, 4) is 5.75 Å². The van der Waals surface area contributed by atoms with Crippen LogP contribution in [0.4, 0.5) is 0 Å². The van der Waals surface area contributed by atoms with Crippen molar-refractivity contribution in [2.75, 3.05) is 6.61 Å². The molecule has 0 unspecified atom stereocenters. The Bertz CT molecular complexity index is 580. The molecule has 0 radical (unpaired) electrons. The number of amides is 1. The van der Waals surface area contributed by atoms with Gasteiger partial charge >= 0.3 is 0 Å². The van der Waals surface area contributed by atoms with Gasteiger partial charge in [-0.05, 0) is 48.2 Å². The molecule has 1 N–H and O–H groups in total. The predicted molar refractivity (Wildman–Crippen MR) is 86.8 cm³/mol. The molecule has 4 nitrogen and oxygen atoms in total. The van der Waals surface area contributed by atoms with Crippen LogP contribution in [0.1, 0.15) is 36.2 Å². The van der Waals surface area contributed by atoms with Crippen LogP contribution >= 0.6 is 0 Å². The van der Waals surface area contributed by atoms with Gasteiger partial charge in [0.15, 0.2) is 0 Å². The van der Waals surface area contributed by atoms with Gasteiger partial charge in [-0.15, -0.1) is 0 Å². The van der Waals surface area contributed by atoms with E-state index < -0.39 is 0 Å². The van der Waals surface area contributed by atoms with Crippen molar-refractivity contribution >= 4 is 5.91 Å². The third-order valence-corrected chi connectivity index (χ3v) is 3.26. The van der Waals surface area contributed by atoms with Gasteiger partial charge in [0.1, 0.15) is 5.75 Å². The third kappa shape index (κ3) is 5.20. The molecule has 1 aromatic heterocycles. The highest BCUT2D eigenvalue weighted by molar-refractivity contribution is 5.94. The summed E-state index contributed by atoms with van der Waals surface area (Å²) >= 11 is 0. The molecule has 2 rings (SSSR count). The number of pyridine rings is 1. The van der Waals surface area contributed by atoms with Gasteiger partial charge in [-0.2, -0.15) is 0 Å². The summed E-state index contributed by atoms with van der Waals surface area (Å²) in [6.07, 6.45) is 4.47. The summed E-state index contributed by atoms with van der Waals surface area (Å²) in [5.41, 5.74) is 1.60. The molecule has 116 valence electrons. The zero-order chi connectivity index (χ0) is 15.8. The highest BCUT2D eigenvalue weighted by Crippen LogP contribution is 2.13. The first-order valence-corrected chi connectivity index (χ1v) is 7.55. The quantitative estimate of drug-likeness (QED) is 0.852. The molecule has 1 aromatic carbocycles. The number of rotatable bonds is 7.